The van der Waals surface area contributed by atoms with E-state index in [0.29, 0.717) is 38.3 Å². The summed E-state index contributed by atoms with van der Waals surface area (Å²) < 4.78 is 0.480. The number of hydrogen-bond acceptors (Lipinski definition) is 5. The molecule has 0 radical (unpaired) electrons. The molecule has 182 valence electrons. The van der Waals surface area contributed by atoms with Gasteiger partial charge in [-0.25, -0.2) is 0 Å². The number of amides is 3. The zero-order valence-electron chi connectivity index (χ0n) is 20.0. The van der Waals surface area contributed by atoms with Crippen molar-refractivity contribution in [1.82, 2.24) is 4.90 Å². The molecule has 35 heavy (non-hydrogen) atoms. The second-order valence-corrected chi connectivity index (χ2v) is 10.4. The van der Waals surface area contributed by atoms with Crippen molar-refractivity contribution in [3.05, 3.63) is 64.6 Å². The molecule has 4 rings (SSSR count). The standard InChI is InChI=1S/C27H29N3O3S2/c1-3-4-5-6-9-16-29-26(33)24(35-27(29)34)23-20-10-7-8-11-21(20)30(25(23)32)17-22(31)28-19-14-12-18(2)13-15-19/h7-8,10-15H,3-6,9,16-17H2,1-2H3,(H,28,31). The third-order valence-corrected chi connectivity index (χ3v) is 7.57. The predicted octanol–water partition coefficient (Wildman–Crippen LogP) is 5.52. The molecule has 0 unspecified atom stereocenters. The number of aryl methyl sites for hydroxylation is 1. The average molecular weight is 508 g/mol. The maximum atomic E-state index is 13.5. The van der Waals surface area contributed by atoms with E-state index >= 15 is 0 Å². The summed E-state index contributed by atoms with van der Waals surface area (Å²) >= 11 is 6.67. The lowest BCUT2D eigenvalue weighted by atomic mass is 10.1. The highest BCUT2D eigenvalue weighted by molar-refractivity contribution is 8.26. The van der Waals surface area contributed by atoms with Crippen molar-refractivity contribution >= 4 is 63.0 Å². The van der Waals surface area contributed by atoms with Crippen molar-refractivity contribution in [2.75, 3.05) is 23.3 Å². The average Bonchev–Trinajstić information content (AvgIpc) is 3.27. The van der Waals surface area contributed by atoms with Gasteiger partial charge in [-0.3, -0.25) is 24.2 Å². The number of unbranched alkanes of at least 4 members (excludes halogenated alkanes) is 4. The predicted molar refractivity (Wildman–Crippen MR) is 146 cm³/mol. The molecule has 1 saturated heterocycles. The van der Waals surface area contributed by atoms with Crippen LogP contribution in [0, 0.1) is 6.92 Å². The molecule has 0 bridgehead atoms. The summed E-state index contributed by atoms with van der Waals surface area (Å²) in [6.45, 7) is 4.55. The van der Waals surface area contributed by atoms with Crippen LogP contribution in [0.15, 0.2) is 53.4 Å². The van der Waals surface area contributed by atoms with Crippen LogP contribution in [0.2, 0.25) is 0 Å². The fraction of sp³-hybridized carbons (Fsp3) is 0.333. The summed E-state index contributed by atoms with van der Waals surface area (Å²) in [6, 6.07) is 14.7. The summed E-state index contributed by atoms with van der Waals surface area (Å²) in [5.74, 6) is -0.883. The third kappa shape index (κ3) is 5.49. The zero-order chi connectivity index (χ0) is 24.9. The highest BCUT2D eigenvalue weighted by atomic mass is 32.2. The summed E-state index contributed by atoms with van der Waals surface area (Å²) in [5.41, 5.74) is 3.37. The van der Waals surface area contributed by atoms with Crippen LogP contribution >= 0.6 is 24.0 Å². The van der Waals surface area contributed by atoms with Gasteiger partial charge in [0.05, 0.1) is 16.2 Å². The van der Waals surface area contributed by atoms with Crippen molar-refractivity contribution in [2.24, 2.45) is 0 Å². The Bertz CT molecular complexity index is 1190. The van der Waals surface area contributed by atoms with Gasteiger partial charge in [0.1, 0.15) is 10.9 Å². The van der Waals surface area contributed by atoms with E-state index in [4.69, 9.17) is 12.2 Å². The first-order chi connectivity index (χ1) is 16.9. The second-order valence-electron chi connectivity index (χ2n) is 8.77. The lowest BCUT2D eigenvalue weighted by Gasteiger charge is -2.17. The number of carbonyl (C=O) groups excluding carboxylic acids is 3. The van der Waals surface area contributed by atoms with Gasteiger partial charge in [0.15, 0.2) is 0 Å². The fourth-order valence-corrected chi connectivity index (χ4v) is 5.63. The van der Waals surface area contributed by atoms with Crippen LogP contribution in [-0.2, 0) is 14.4 Å². The molecule has 0 aromatic heterocycles. The molecule has 0 spiro atoms. The van der Waals surface area contributed by atoms with Crippen molar-refractivity contribution < 1.29 is 14.4 Å². The van der Waals surface area contributed by atoms with Gasteiger partial charge >= 0.3 is 0 Å². The number of para-hydroxylation sites is 1. The van der Waals surface area contributed by atoms with Gasteiger partial charge in [0.25, 0.3) is 11.8 Å². The molecular formula is C27H29N3O3S2. The Hall–Kier alpha value is -2.97. The minimum atomic E-state index is -0.353. The van der Waals surface area contributed by atoms with E-state index in [1.54, 1.807) is 11.0 Å². The van der Waals surface area contributed by atoms with Crippen LogP contribution in [0.1, 0.15) is 50.2 Å². The van der Waals surface area contributed by atoms with Gasteiger partial charge in [0.2, 0.25) is 5.91 Å². The Morgan fingerprint density at radius 2 is 1.66 bits per heavy atom. The molecule has 1 fully saturated rings. The van der Waals surface area contributed by atoms with E-state index < -0.39 is 0 Å². The van der Waals surface area contributed by atoms with E-state index in [0.717, 1.165) is 31.2 Å². The monoisotopic (exact) mass is 507 g/mol. The number of carbonyl (C=O) groups is 3. The number of anilines is 2. The number of benzene rings is 2. The number of fused-ring (bicyclic) bond motifs is 1. The van der Waals surface area contributed by atoms with E-state index in [1.807, 2.05) is 49.4 Å². The minimum Gasteiger partial charge on any atom is -0.325 e. The maximum Gasteiger partial charge on any atom is 0.267 e. The molecule has 2 heterocycles. The highest BCUT2D eigenvalue weighted by Gasteiger charge is 2.42. The number of thioether (sulfide) groups is 1. The molecule has 2 aromatic rings. The summed E-state index contributed by atoms with van der Waals surface area (Å²) in [7, 11) is 0. The van der Waals surface area contributed by atoms with Crippen molar-refractivity contribution in [3.8, 4) is 0 Å². The third-order valence-electron chi connectivity index (χ3n) is 6.12. The van der Waals surface area contributed by atoms with Gasteiger partial charge < -0.3 is 5.32 Å². The lowest BCUT2D eigenvalue weighted by molar-refractivity contribution is -0.122. The first-order valence-corrected chi connectivity index (χ1v) is 13.2. The lowest BCUT2D eigenvalue weighted by Crippen LogP contribution is -2.35. The Labute approximate surface area is 215 Å². The summed E-state index contributed by atoms with van der Waals surface area (Å²) in [6.07, 6.45) is 5.40. The first-order valence-electron chi connectivity index (χ1n) is 12.0. The van der Waals surface area contributed by atoms with Gasteiger partial charge in [0, 0.05) is 17.8 Å². The Balaban J connectivity index is 1.53. The molecule has 0 saturated carbocycles. The van der Waals surface area contributed by atoms with E-state index in [1.165, 1.54) is 23.1 Å². The number of nitrogens with zero attached hydrogens (tertiary/aromatic N) is 2. The number of hydrogen-bond donors (Lipinski definition) is 1. The van der Waals surface area contributed by atoms with Crippen LogP contribution in [0.25, 0.3) is 5.57 Å². The van der Waals surface area contributed by atoms with Crippen molar-refractivity contribution in [3.63, 3.8) is 0 Å². The van der Waals surface area contributed by atoms with Crippen LogP contribution in [0.5, 0.6) is 0 Å². The summed E-state index contributed by atoms with van der Waals surface area (Å²) in [4.78, 5) is 43.0. The van der Waals surface area contributed by atoms with Crippen molar-refractivity contribution in [1.29, 1.82) is 0 Å². The quantitative estimate of drug-likeness (QED) is 0.275. The molecule has 0 atom stereocenters. The normalized spacial score (nSPS) is 17.4. The second kappa shape index (κ2) is 11.2. The maximum absolute atomic E-state index is 13.5. The smallest absolute Gasteiger partial charge is 0.267 e. The van der Waals surface area contributed by atoms with E-state index in [-0.39, 0.29) is 24.3 Å². The molecule has 0 aliphatic carbocycles. The van der Waals surface area contributed by atoms with Crippen LogP contribution in [-0.4, -0.2) is 40.0 Å². The topological polar surface area (TPSA) is 69.7 Å². The van der Waals surface area contributed by atoms with E-state index in [9.17, 15) is 14.4 Å². The van der Waals surface area contributed by atoms with Crippen LogP contribution < -0.4 is 10.2 Å². The molecule has 2 aliphatic rings. The number of thiocarbonyl (C=S) groups is 1. The molecule has 8 heteroatoms. The zero-order valence-corrected chi connectivity index (χ0v) is 21.6. The first kappa shape index (κ1) is 25.1. The van der Waals surface area contributed by atoms with Gasteiger partial charge in [-0.2, -0.15) is 0 Å². The molecule has 1 N–H and O–H groups in total. The van der Waals surface area contributed by atoms with Gasteiger partial charge in [-0.05, 0) is 31.5 Å². The molecule has 3 amide bonds. The largest absolute Gasteiger partial charge is 0.325 e. The Morgan fingerprint density at radius 3 is 2.40 bits per heavy atom. The fourth-order valence-electron chi connectivity index (χ4n) is 4.25. The Kier molecular flexibility index (Phi) is 8.03. The molecular weight excluding hydrogens is 478 g/mol. The van der Waals surface area contributed by atoms with Crippen LogP contribution in [0.3, 0.4) is 0 Å². The summed E-state index contributed by atoms with van der Waals surface area (Å²) in [5, 5.41) is 2.84. The molecule has 2 aromatic carbocycles. The number of nitrogens with one attached hydrogen (secondary N) is 1. The van der Waals surface area contributed by atoms with E-state index in [2.05, 4.69) is 12.2 Å². The Morgan fingerprint density at radius 1 is 0.943 bits per heavy atom. The highest BCUT2D eigenvalue weighted by Crippen LogP contribution is 2.44. The van der Waals surface area contributed by atoms with Gasteiger partial charge in [-0.15, -0.1) is 0 Å². The van der Waals surface area contributed by atoms with Gasteiger partial charge in [-0.1, -0.05) is 92.5 Å². The van der Waals surface area contributed by atoms with Crippen LogP contribution in [0.4, 0.5) is 11.4 Å². The molecule has 6 nitrogen and oxygen atoms in total. The SMILES string of the molecule is CCCCCCCN1C(=O)C(=C2C(=O)N(CC(=O)Nc3ccc(C)cc3)c3ccccc32)SC1=S. The van der Waals surface area contributed by atoms with Crippen molar-refractivity contribution in [2.45, 2.75) is 46.0 Å². The number of rotatable bonds is 9. The minimum absolute atomic E-state index is 0.148. The molecule has 2 aliphatic heterocycles.